The Morgan fingerprint density at radius 3 is 2.50 bits per heavy atom. The Morgan fingerprint density at radius 1 is 1.12 bits per heavy atom. The molecule has 0 radical (unpaired) electrons. The summed E-state index contributed by atoms with van der Waals surface area (Å²) in [6.45, 7) is 1.83. The van der Waals surface area contributed by atoms with Crippen molar-refractivity contribution in [2.75, 3.05) is 12.4 Å². The molecule has 3 rings (SSSR count). The normalized spacial score (nSPS) is 10.6. The van der Waals surface area contributed by atoms with E-state index < -0.39 is 0 Å². The summed E-state index contributed by atoms with van der Waals surface area (Å²) in [5, 5.41) is 12.0. The van der Waals surface area contributed by atoms with Crippen molar-refractivity contribution in [3.63, 3.8) is 0 Å². The van der Waals surface area contributed by atoms with Crippen molar-refractivity contribution in [2.45, 2.75) is 20.0 Å². The molecule has 1 aromatic heterocycles. The SMILES string of the molecule is COc1ccc(CC(=O)Nc2ccc(-c3ccc(CO)o3)c(C)c2)cc1. The van der Waals surface area contributed by atoms with Crippen molar-refractivity contribution in [1.82, 2.24) is 0 Å². The molecule has 2 N–H and O–H groups in total. The number of carbonyl (C=O) groups is 1. The maximum atomic E-state index is 12.3. The second kappa shape index (κ2) is 7.89. The zero-order chi connectivity index (χ0) is 18.5. The standard InChI is InChI=1S/C21H21NO4/c1-14-11-16(5-9-19(14)20-10-8-18(13-23)26-20)22-21(24)12-15-3-6-17(25-2)7-4-15/h3-11,23H,12-13H2,1-2H3,(H,22,24). The van der Waals surface area contributed by atoms with Crippen molar-refractivity contribution < 1.29 is 19.1 Å². The Bertz CT molecular complexity index is 897. The molecule has 3 aromatic rings. The number of ether oxygens (including phenoxy) is 1. The van der Waals surface area contributed by atoms with Crippen LogP contribution < -0.4 is 10.1 Å². The fourth-order valence-electron chi connectivity index (χ4n) is 2.76. The van der Waals surface area contributed by atoms with E-state index in [0.29, 0.717) is 17.9 Å². The number of methoxy groups -OCH3 is 1. The molecule has 0 bridgehead atoms. The Kier molecular flexibility index (Phi) is 5.39. The molecule has 0 saturated heterocycles. The summed E-state index contributed by atoms with van der Waals surface area (Å²) in [4.78, 5) is 12.3. The highest BCUT2D eigenvalue weighted by Crippen LogP contribution is 2.28. The van der Waals surface area contributed by atoms with Gasteiger partial charge in [0.15, 0.2) is 0 Å². The number of nitrogens with one attached hydrogen (secondary N) is 1. The van der Waals surface area contributed by atoms with Crippen molar-refractivity contribution in [3.8, 4) is 17.1 Å². The maximum Gasteiger partial charge on any atom is 0.228 e. The minimum absolute atomic E-state index is 0.0807. The highest BCUT2D eigenvalue weighted by atomic mass is 16.5. The lowest BCUT2D eigenvalue weighted by atomic mass is 10.1. The van der Waals surface area contributed by atoms with Crippen LogP contribution in [-0.2, 0) is 17.8 Å². The molecule has 0 atom stereocenters. The Labute approximate surface area is 152 Å². The van der Waals surface area contributed by atoms with E-state index in [1.165, 1.54) is 0 Å². The molecule has 0 aliphatic heterocycles. The summed E-state index contributed by atoms with van der Waals surface area (Å²) in [7, 11) is 1.61. The van der Waals surface area contributed by atoms with Gasteiger partial charge in [-0.05, 0) is 60.5 Å². The van der Waals surface area contributed by atoms with E-state index >= 15 is 0 Å². The molecule has 0 aliphatic carbocycles. The van der Waals surface area contributed by atoms with Gasteiger partial charge in [-0.1, -0.05) is 12.1 Å². The maximum absolute atomic E-state index is 12.3. The van der Waals surface area contributed by atoms with Crippen LogP contribution in [0.25, 0.3) is 11.3 Å². The summed E-state index contributed by atoms with van der Waals surface area (Å²) < 4.78 is 10.7. The van der Waals surface area contributed by atoms with Crippen LogP contribution in [0.2, 0.25) is 0 Å². The van der Waals surface area contributed by atoms with Crippen LogP contribution >= 0.6 is 0 Å². The molecule has 5 nitrogen and oxygen atoms in total. The van der Waals surface area contributed by atoms with E-state index in [4.69, 9.17) is 14.3 Å². The molecule has 0 spiro atoms. The van der Waals surface area contributed by atoms with Gasteiger partial charge in [0.1, 0.15) is 23.9 Å². The van der Waals surface area contributed by atoms with Crippen LogP contribution in [0.5, 0.6) is 5.75 Å². The first-order valence-electron chi connectivity index (χ1n) is 8.32. The smallest absolute Gasteiger partial charge is 0.228 e. The Hall–Kier alpha value is -3.05. The van der Waals surface area contributed by atoms with E-state index in [9.17, 15) is 4.79 Å². The first-order valence-corrected chi connectivity index (χ1v) is 8.32. The number of aliphatic hydroxyl groups excluding tert-OH is 1. The first-order chi connectivity index (χ1) is 12.6. The predicted molar refractivity (Wildman–Crippen MR) is 100 cm³/mol. The average molecular weight is 351 g/mol. The van der Waals surface area contributed by atoms with E-state index in [2.05, 4.69) is 5.32 Å². The number of anilines is 1. The van der Waals surface area contributed by atoms with Gasteiger partial charge in [-0.15, -0.1) is 0 Å². The molecule has 0 saturated carbocycles. The summed E-state index contributed by atoms with van der Waals surface area (Å²) in [6, 6.07) is 16.7. The molecule has 1 heterocycles. The zero-order valence-electron chi connectivity index (χ0n) is 14.8. The van der Waals surface area contributed by atoms with Crippen LogP contribution in [-0.4, -0.2) is 18.1 Å². The molecule has 0 fully saturated rings. The Morgan fingerprint density at radius 2 is 1.88 bits per heavy atom. The van der Waals surface area contributed by atoms with Crippen molar-refractivity contribution >= 4 is 11.6 Å². The summed E-state index contributed by atoms with van der Waals surface area (Å²) in [5.41, 5.74) is 3.56. The van der Waals surface area contributed by atoms with E-state index in [1.54, 1.807) is 13.2 Å². The largest absolute Gasteiger partial charge is 0.497 e. The van der Waals surface area contributed by atoms with E-state index in [1.807, 2.05) is 55.5 Å². The second-order valence-electron chi connectivity index (χ2n) is 6.03. The molecular weight excluding hydrogens is 330 g/mol. The summed E-state index contributed by atoms with van der Waals surface area (Å²) in [5.74, 6) is 1.91. The molecule has 5 heteroatoms. The lowest BCUT2D eigenvalue weighted by Gasteiger charge is -2.09. The average Bonchev–Trinajstić information content (AvgIpc) is 3.11. The third-order valence-electron chi connectivity index (χ3n) is 4.12. The van der Waals surface area contributed by atoms with Gasteiger partial charge >= 0.3 is 0 Å². The van der Waals surface area contributed by atoms with Crippen LogP contribution in [0.4, 0.5) is 5.69 Å². The molecule has 0 unspecified atom stereocenters. The minimum Gasteiger partial charge on any atom is -0.497 e. The van der Waals surface area contributed by atoms with Crippen molar-refractivity contribution in [2.24, 2.45) is 0 Å². The molecule has 134 valence electrons. The fourth-order valence-corrected chi connectivity index (χ4v) is 2.76. The van der Waals surface area contributed by atoms with E-state index in [-0.39, 0.29) is 12.5 Å². The number of amides is 1. The number of hydrogen-bond acceptors (Lipinski definition) is 4. The third kappa shape index (κ3) is 4.13. The predicted octanol–water partition coefficient (Wildman–Crippen LogP) is 3.94. The van der Waals surface area contributed by atoms with Crippen LogP contribution in [0.15, 0.2) is 59.0 Å². The quantitative estimate of drug-likeness (QED) is 0.706. The molecular formula is C21H21NO4. The number of furan rings is 1. The highest BCUT2D eigenvalue weighted by Gasteiger charge is 2.10. The molecule has 2 aromatic carbocycles. The van der Waals surface area contributed by atoms with Crippen molar-refractivity contribution in [3.05, 3.63) is 71.5 Å². The minimum atomic E-state index is -0.126. The number of hydrogen-bond donors (Lipinski definition) is 2. The zero-order valence-corrected chi connectivity index (χ0v) is 14.8. The van der Waals surface area contributed by atoms with Gasteiger partial charge in [0.25, 0.3) is 0 Å². The molecule has 0 aliphatic rings. The topological polar surface area (TPSA) is 71.7 Å². The highest BCUT2D eigenvalue weighted by molar-refractivity contribution is 5.92. The summed E-state index contributed by atoms with van der Waals surface area (Å²) >= 11 is 0. The van der Waals surface area contributed by atoms with Gasteiger partial charge < -0.3 is 19.6 Å². The Balaban J connectivity index is 1.67. The van der Waals surface area contributed by atoms with E-state index in [0.717, 1.165) is 28.1 Å². The second-order valence-corrected chi connectivity index (χ2v) is 6.03. The van der Waals surface area contributed by atoms with Gasteiger partial charge in [0, 0.05) is 11.3 Å². The van der Waals surface area contributed by atoms with Gasteiger partial charge in [0.2, 0.25) is 5.91 Å². The van der Waals surface area contributed by atoms with Gasteiger partial charge in [-0.3, -0.25) is 4.79 Å². The molecule has 26 heavy (non-hydrogen) atoms. The number of rotatable bonds is 6. The monoisotopic (exact) mass is 351 g/mol. The van der Waals surface area contributed by atoms with Gasteiger partial charge in [-0.25, -0.2) is 0 Å². The number of carbonyl (C=O) groups excluding carboxylic acids is 1. The lowest BCUT2D eigenvalue weighted by Crippen LogP contribution is -2.14. The number of aliphatic hydroxyl groups is 1. The van der Waals surface area contributed by atoms with Crippen LogP contribution in [0.1, 0.15) is 16.9 Å². The van der Waals surface area contributed by atoms with Crippen LogP contribution in [0, 0.1) is 6.92 Å². The van der Waals surface area contributed by atoms with Gasteiger partial charge in [-0.2, -0.15) is 0 Å². The third-order valence-corrected chi connectivity index (χ3v) is 4.12. The van der Waals surface area contributed by atoms with Crippen LogP contribution in [0.3, 0.4) is 0 Å². The number of benzene rings is 2. The van der Waals surface area contributed by atoms with Crippen molar-refractivity contribution in [1.29, 1.82) is 0 Å². The lowest BCUT2D eigenvalue weighted by molar-refractivity contribution is -0.115. The summed E-state index contributed by atoms with van der Waals surface area (Å²) in [6.07, 6.45) is 0.294. The van der Waals surface area contributed by atoms with Gasteiger partial charge in [0.05, 0.1) is 13.5 Å². The number of aryl methyl sites for hydroxylation is 1. The molecule has 1 amide bonds. The fraction of sp³-hybridized carbons (Fsp3) is 0.190. The first kappa shape index (κ1) is 17.8.